The van der Waals surface area contributed by atoms with Crippen molar-refractivity contribution in [2.24, 2.45) is 0 Å². The van der Waals surface area contributed by atoms with Gasteiger partial charge in [0, 0.05) is 11.6 Å². The molecule has 3 nitrogen and oxygen atoms in total. The lowest BCUT2D eigenvalue weighted by Crippen LogP contribution is -1.90. The van der Waals surface area contributed by atoms with Gasteiger partial charge in [-0.25, -0.2) is 9.97 Å². The lowest BCUT2D eigenvalue weighted by molar-refractivity contribution is 1.08. The van der Waals surface area contributed by atoms with Gasteiger partial charge in [-0.15, -0.1) is 0 Å². The third kappa shape index (κ3) is 1.04. The maximum atomic E-state index is 4.30. The van der Waals surface area contributed by atoms with Gasteiger partial charge < -0.3 is 0 Å². The monoisotopic (exact) mass is 201 g/mol. The molecule has 3 rings (SSSR count). The second-order valence-corrected chi connectivity index (χ2v) is 3.72. The van der Waals surface area contributed by atoms with E-state index in [9.17, 15) is 0 Å². The fourth-order valence-corrected chi connectivity index (χ4v) is 2.06. The van der Waals surface area contributed by atoms with E-state index in [1.54, 1.807) is 23.9 Å². The van der Waals surface area contributed by atoms with Crippen molar-refractivity contribution >= 4 is 22.5 Å². The van der Waals surface area contributed by atoms with Crippen LogP contribution in [0.1, 0.15) is 0 Å². The molecule has 3 aromatic heterocycles. The number of nitrogens with zero attached hydrogens (tertiary/aromatic N) is 3. The van der Waals surface area contributed by atoms with Crippen molar-refractivity contribution in [2.75, 3.05) is 0 Å². The van der Waals surface area contributed by atoms with Crippen molar-refractivity contribution in [1.29, 1.82) is 0 Å². The number of thiophene rings is 1. The van der Waals surface area contributed by atoms with Gasteiger partial charge in [0.25, 0.3) is 0 Å². The fourth-order valence-electron chi connectivity index (χ4n) is 1.43. The van der Waals surface area contributed by atoms with E-state index in [0.29, 0.717) is 0 Å². The maximum Gasteiger partial charge on any atom is 0.164 e. The summed E-state index contributed by atoms with van der Waals surface area (Å²) in [6, 6.07) is 5.92. The molecule has 0 amide bonds. The van der Waals surface area contributed by atoms with E-state index in [1.807, 2.05) is 22.1 Å². The summed E-state index contributed by atoms with van der Waals surface area (Å²) in [5.41, 5.74) is 2.96. The van der Waals surface area contributed by atoms with Crippen molar-refractivity contribution in [3.05, 3.63) is 41.5 Å². The van der Waals surface area contributed by atoms with Crippen LogP contribution in [-0.4, -0.2) is 14.5 Å². The van der Waals surface area contributed by atoms with Crippen LogP contribution in [0.5, 0.6) is 0 Å². The topological polar surface area (TPSA) is 30.7 Å². The fraction of sp³-hybridized carbons (Fsp3) is 0. The molecule has 0 bridgehead atoms. The molecule has 0 saturated carbocycles. The number of hydrogen-bond acceptors (Lipinski definition) is 3. The van der Waals surface area contributed by atoms with Crippen molar-refractivity contribution in [1.82, 2.24) is 14.5 Å². The zero-order chi connectivity index (χ0) is 9.38. The Labute approximate surface area is 84.7 Å². The van der Waals surface area contributed by atoms with Crippen LogP contribution >= 0.6 is 11.3 Å². The molecule has 0 unspecified atom stereocenters. The molecular weight excluding hydrogens is 194 g/mol. The Hall–Kier alpha value is -1.68. The summed E-state index contributed by atoms with van der Waals surface area (Å²) < 4.78 is 1.99. The van der Waals surface area contributed by atoms with E-state index in [1.165, 1.54) is 0 Å². The van der Waals surface area contributed by atoms with Crippen LogP contribution in [0.25, 0.3) is 16.9 Å². The minimum atomic E-state index is 0.908. The Morgan fingerprint density at radius 1 is 1.21 bits per heavy atom. The Morgan fingerprint density at radius 3 is 3.07 bits per heavy atom. The van der Waals surface area contributed by atoms with Gasteiger partial charge in [-0.3, -0.25) is 4.57 Å². The smallest absolute Gasteiger partial charge is 0.164 e. The molecule has 0 radical (unpaired) electrons. The Balaban J connectivity index is 2.33. The molecule has 68 valence electrons. The molecule has 0 saturated heterocycles. The highest BCUT2D eigenvalue weighted by atomic mass is 32.1. The minimum Gasteiger partial charge on any atom is -0.282 e. The molecule has 0 N–H and O–H groups in total. The maximum absolute atomic E-state index is 4.30. The predicted molar refractivity (Wildman–Crippen MR) is 56.7 cm³/mol. The zero-order valence-electron chi connectivity index (χ0n) is 7.29. The molecule has 4 heteroatoms. The van der Waals surface area contributed by atoms with Crippen molar-refractivity contribution < 1.29 is 0 Å². The number of pyridine rings is 1. The van der Waals surface area contributed by atoms with Gasteiger partial charge >= 0.3 is 0 Å². The Kier molecular flexibility index (Phi) is 1.61. The van der Waals surface area contributed by atoms with Gasteiger partial charge in [-0.1, -0.05) is 0 Å². The van der Waals surface area contributed by atoms with Gasteiger partial charge in [0.2, 0.25) is 0 Å². The molecule has 0 spiro atoms. The van der Waals surface area contributed by atoms with Crippen molar-refractivity contribution in [2.45, 2.75) is 0 Å². The summed E-state index contributed by atoms with van der Waals surface area (Å²) in [6.45, 7) is 0. The molecule has 3 aromatic rings. The van der Waals surface area contributed by atoms with Crippen LogP contribution in [0.2, 0.25) is 0 Å². The molecule has 3 heterocycles. The zero-order valence-corrected chi connectivity index (χ0v) is 8.11. The number of rotatable bonds is 1. The van der Waals surface area contributed by atoms with Crippen molar-refractivity contribution in [3.63, 3.8) is 0 Å². The third-order valence-electron chi connectivity index (χ3n) is 2.09. The van der Waals surface area contributed by atoms with E-state index in [-0.39, 0.29) is 0 Å². The average Bonchev–Trinajstić information content (AvgIpc) is 2.85. The van der Waals surface area contributed by atoms with Crippen LogP contribution < -0.4 is 0 Å². The van der Waals surface area contributed by atoms with Crippen LogP contribution in [0.3, 0.4) is 0 Å². The summed E-state index contributed by atoms with van der Waals surface area (Å²) >= 11 is 1.67. The molecule has 0 atom stereocenters. The first-order valence-electron chi connectivity index (χ1n) is 4.26. The summed E-state index contributed by atoms with van der Waals surface area (Å²) in [4.78, 5) is 8.58. The second-order valence-electron chi connectivity index (χ2n) is 2.94. The highest BCUT2D eigenvalue weighted by Gasteiger charge is 2.04. The summed E-state index contributed by atoms with van der Waals surface area (Å²) in [5, 5.41) is 4.12. The SMILES string of the molecule is c1cnc2c(c1)ncn2-c1ccsc1. The number of hydrogen-bond donors (Lipinski definition) is 0. The van der Waals surface area contributed by atoms with E-state index in [2.05, 4.69) is 21.4 Å². The highest BCUT2D eigenvalue weighted by molar-refractivity contribution is 7.08. The summed E-state index contributed by atoms with van der Waals surface area (Å²) in [5.74, 6) is 0. The normalized spacial score (nSPS) is 10.9. The highest BCUT2D eigenvalue weighted by Crippen LogP contribution is 2.17. The molecule has 0 aliphatic heterocycles. The van der Waals surface area contributed by atoms with Crippen LogP contribution in [-0.2, 0) is 0 Å². The van der Waals surface area contributed by atoms with E-state index >= 15 is 0 Å². The molecule has 0 aromatic carbocycles. The molecule has 0 fully saturated rings. The minimum absolute atomic E-state index is 0.908. The molecule has 0 aliphatic rings. The second kappa shape index (κ2) is 2.92. The number of fused-ring (bicyclic) bond motifs is 1. The quantitative estimate of drug-likeness (QED) is 0.605. The summed E-state index contributed by atoms with van der Waals surface area (Å²) in [7, 11) is 0. The first kappa shape index (κ1) is 7.70. The van der Waals surface area contributed by atoms with E-state index in [4.69, 9.17) is 0 Å². The van der Waals surface area contributed by atoms with Gasteiger partial charge in [0.15, 0.2) is 5.65 Å². The largest absolute Gasteiger partial charge is 0.282 e. The first-order valence-corrected chi connectivity index (χ1v) is 5.20. The first-order chi connectivity index (χ1) is 6.95. The van der Waals surface area contributed by atoms with Gasteiger partial charge in [-0.2, -0.15) is 11.3 Å². The number of imidazole rings is 1. The molecular formula is C10H7N3S. The van der Waals surface area contributed by atoms with Crippen LogP contribution in [0.4, 0.5) is 0 Å². The molecule has 0 aliphatic carbocycles. The van der Waals surface area contributed by atoms with Gasteiger partial charge in [0.05, 0.1) is 5.69 Å². The van der Waals surface area contributed by atoms with Gasteiger partial charge in [-0.05, 0) is 23.6 Å². The number of aromatic nitrogens is 3. The lowest BCUT2D eigenvalue weighted by Gasteiger charge is -1.97. The summed E-state index contributed by atoms with van der Waals surface area (Å²) in [6.07, 6.45) is 3.59. The van der Waals surface area contributed by atoms with Crippen LogP contribution in [0.15, 0.2) is 41.5 Å². The lowest BCUT2D eigenvalue weighted by atomic mass is 10.4. The Morgan fingerprint density at radius 2 is 2.21 bits per heavy atom. The Bertz CT molecular complexity index is 554. The van der Waals surface area contributed by atoms with Gasteiger partial charge in [0.1, 0.15) is 11.8 Å². The third-order valence-corrected chi connectivity index (χ3v) is 2.76. The predicted octanol–water partition coefficient (Wildman–Crippen LogP) is 2.48. The average molecular weight is 201 g/mol. The van der Waals surface area contributed by atoms with Crippen molar-refractivity contribution in [3.8, 4) is 5.69 Å². The van der Waals surface area contributed by atoms with E-state index in [0.717, 1.165) is 16.9 Å². The van der Waals surface area contributed by atoms with Crippen LogP contribution in [0, 0.1) is 0 Å². The molecule has 14 heavy (non-hydrogen) atoms. The standard InChI is InChI=1S/C10H7N3S/c1-2-9-10(11-4-1)13(7-12-9)8-3-5-14-6-8/h1-7H. The van der Waals surface area contributed by atoms with E-state index < -0.39 is 0 Å².